The summed E-state index contributed by atoms with van der Waals surface area (Å²) < 4.78 is 15.6. The van der Waals surface area contributed by atoms with Gasteiger partial charge in [0.1, 0.15) is 23.5 Å². The lowest BCUT2D eigenvalue weighted by Crippen LogP contribution is -2.60. The zero-order valence-corrected chi connectivity index (χ0v) is 25.5. The normalized spacial score (nSPS) is 15.9. The molecule has 232 valence electrons. The van der Waals surface area contributed by atoms with Crippen LogP contribution >= 0.6 is 0 Å². The zero-order valence-electron chi connectivity index (χ0n) is 25.5. The van der Waals surface area contributed by atoms with Gasteiger partial charge in [-0.3, -0.25) is 14.5 Å². The van der Waals surface area contributed by atoms with Gasteiger partial charge in [-0.05, 0) is 80.0 Å². The van der Waals surface area contributed by atoms with Crippen LogP contribution in [0.25, 0.3) is 39.5 Å². The van der Waals surface area contributed by atoms with Gasteiger partial charge in [0, 0.05) is 54.9 Å². The van der Waals surface area contributed by atoms with Crippen molar-refractivity contribution in [2.24, 2.45) is 5.41 Å². The number of pyridine rings is 3. The molecule has 11 nitrogen and oxygen atoms in total. The molecule has 7 heterocycles. The quantitative estimate of drug-likeness (QED) is 0.269. The number of nitriles is 1. The number of hydrogen-bond acceptors (Lipinski definition) is 10. The number of nitrogens with zero attached hydrogens (tertiary/aromatic N) is 10. The van der Waals surface area contributed by atoms with E-state index < -0.39 is 5.82 Å². The third-order valence-electron chi connectivity index (χ3n) is 9.25. The van der Waals surface area contributed by atoms with E-state index in [1.165, 1.54) is 17.8 Å². The fraction of sp³-hybridized carbons (Fsp3) is 0.229. The second-order valence-corrected chi connectivity index (χ2v) is 12.3. The molecule has 12 heteroatoms. The number of piperidine rings is 1. The summed E-state index contributed by atoms with van der Waals surface area (Å²) in [5, 5.41) is 9.13. The van der Waals surface area contributed by atoms with Gasteiger partial charge in [-0.15, -0.1) is 0 Å². The van der Waals surface area contributed by atoms with E-state index in [0.717, 1.165) is 68.2 Å². The second kappa shape index (κ2) is 11.5. The minimum absolute atomic E-state index is 0.214. The molecule has 1 aromatic carbocycles. The Balaban J connectivity index is 1.02. The summed E-state index contributed by atoms with van der Waals surface area (Å²) in [4.78, 5) is 31.2. The molecule has 2 aliphatic heterocycles. The highest BCUT2D eigenvalue weighted by Gasteiger charge is 2.45. The summed E-state index contributed by atoms with van der Waals surface area (Å²) in [6.07, 6.45) is 8.48. The number of fused-ring (bicyclic) bond motifs is 1. The lowest BCUT2D eigenvalue weighted by Gasteiger charge is -2.54. The third kappa shape index (κ3) is 5.40. The van der Waals surface area contributed by atoms with E-state index in [1.54, 1.807) is 24.7 Å². The van der Waals surface area contributed by atoms with Crippen molar-refractivity contribution in [2.45, 2.75) is 19.4 Å². The Morgan fingerprint density at radius 2 is 1.72 bits per heavy atom. The van der Waals surface area contributed by atoms with Crippen LogP contribution in [0.2, 0.25) is 0 Å². The summed E-state index contributed by atoms with van der Waals surface area (Å²) in [5.41, 5.74) is 12.2. The van der Waals surface area contributed by atoms with Crippen molar-refractivity contribution in [2.75, 3.05) is 36.8 Å². The van der Waals surface area contributed by atoms with E-state index in [2.05, 4.69) is 59.0 Å². The number of anilines is 2. The molecular formula is C35H30FN11. The minimum Gasteiger partial charge on any atom is -0.383 e. The summed E-state index contributed by atoms with van der Waals surface area (Å²) >= 11 is 0. The van der Waals surface area contributed by atoms with Crippen LogP contribution in [-0.4, -0.2) is 65.5 Å². The first-order valence-corrected chi connectivity index (χ1v) is 15.5. The predicted octanol–water partition coefficient (Wildman–Crippen LogP) is 5.03. The Hall–Kier alpha value is -5.80. The van der Waals surface area contributed by atoms with Gasteiger partial charge in [0.2, 0.25) is 5.82 Å². The van der Waals surface area contributed by atoms with Crippen LogP contribution < -0.4 is 10.6 Å². The van der Waals surface area contributed by atoms with Crippen molar-refractivity contribution < 1.29 is 4.39 Å². The highest BCUT2D eigenvalue weighted by Crippen LogP contribution is 2.42. The number of aromatic nitrogens is 7. The van der Waals surface area contributed by atoms with Crippen molar-refractivity contribution in [3.63, 3.8) is 0 Å². The minimum atomic E-state index is -0.393. The standard InChI is InChI=1S/C35H30FN11/c36-25-5-8-28(41-19-25)24-16-29-33(42-18-24)44-34(27-2-1-12-40-32(27)38)47(29)26-6-3-23(4-7-26)20-45-14-10-35(11-15-45)21-46(22-35)31-9-13-39-30(17-37)43-31/h1-9,12-13,16,18-19H,10-11,14-15,20-22H2,(H2,38,40). The van der Waals surface area contributed by atoms with Crippen molar-refractivity contribution in [3.8, 4) is 34.4 Å². The van der Waals surface area contributed by atoms with Crippen LogP contribution in [0.1, 0.15) is 24.2 Å². The molecule has 0 bridgehead atoms. The van der Waals surface area contributed by atoms with E-state index in [0.29, 0.717) is 34.0 Å². The molecule has 2 saturated heterocycles. The largest absolute Gasteiger partial charge is 0.383 e. The molecule has 6 aromatic rings. The van der Waals surface area contributed by atoms with E-state index in [-0.39, 0.29) is 5.82 Å². The lowest BCUT2D eigenvalue weighted by atomic mass is 9.72. The average Bonchev–Trinajstić information content (AvgIpc) is 3.47. The number of imidazole rings is 1. The molecular weight excluding hydrogens is 593 g/mol. The Kier molecular flexibility index (Phi) is 7.03. The Morgan fingerprint density at radius 1 is 0.894 bits per heavy atom. The molecule has 0 amide bonds. The fourth-order valence-electron chi connectivity index (χ4n) is 6.71. The molecule has 0 atom stereocenters. The maximum Gasteiger partial charge on any atom is 0.234 e. The Bertz CT molecular complexity index is 2120. The topological polar surface area (TPSA) is 139 Å². The van der Waals surface area contributed by atoms with Crippen LogP contribution in [0.15, 0.2) is 85.5 Å². The van der Waals surface area contributed by atoms with E-state index >= 15 is 0 Å². The first kappa shape index (κ1) is 28.7. The SMILES string of the molecule is N#Cc1nccc(N2CC3(CCN(Cc4ccc(-n5c(-c6cccnc6N)nc6ncc(-c7ccc(F)cn7)cc65)cc4)CC3)C2)n1. The van der Waals surface area contributed by atoms with Crippen molar-refractivity contribution >= 4 is 22.8 Å². The van der Waals surface area contributed by atoms with Crippen molar-refractivity contribution in [1.29, 1.82) is 5.26 Å². The highest BCUT2D eigenvalue weighted by molar-refractivity contribution is 5.85. The average molecular weight is 624 g/mol. The van der Waals surface area contributed by atoms with Gasteiger partial charge in [0.25, 0.3) is 0 Å². The second-order valence-electron chi connectivity index (χ2n) is 12.3. The molecule has 5 aromatic heterocycles. The lowest BCUT2D eigenvalue weighted by molar-refractivity contribution is 0.0719. The van der Waals surface area contributed by atoms with Crippen LogP contribution in [-0.2, 0) is 6.54 Å². The van der Waals surface area contributed by atoms with Crippen LogP contribution in [0.5, 0.6) is 0 Å². The number of nitrogens with two attached hydrogens (primary N) is 1. The fourth-order valence-corrected chi connectivity index (χ4v) is 6.71. The van der Waals surface area contributed by atoms with Crippen molar-refractivity contribution in [3.05, 3.63) is 103 Å². The molecule has 0 unspecified atom stereocenters. The number of halogens is 1. The number of benzene rings is 1. The first-order chi connectivity index (χ1) is 23.0. The zero-order chi connectivity index (χ0) is 32.0. The maximum atomic E-state index is 13.6. The number of likely N-dealkylation sites (tertiary alicyclic amines) is 1. The summed E-state index contributed by atoms with van der Waals surface area (Å²) in [6, 6.07) is 21.2. The van der Waals surface area contributed by atoms with Crippen LogP contribution in [0, 0.1) is 22.6 Å². The molecule has 8 rings (SSSR count). The molecule has 2 aliphatic rings. The summed E-state index contributed by atoms with van der Waals surface area (Å²) in [5.74, 6) is 1.67. The van der Waals surface area contributed by atoms with Crippen LogP contribution in [0.4, 0.5) is 16.0 Å². The van der Waals surface area contributed by atoms with E-state index in [1.807, 2.05) is 34.9 Å². The molecule has 0 saturated carbocycles. The Labute approximate surface area is 270 Å². The number of nitrogen functional groups attached to an aromatic ring is 1. The van der Waals surface area contributed by atoms with E-state index in [4.69, 9.17) is 16.0 Å². The van der Waals surface area contributed by atoms with Gasteiger partial charge in [-0.1, -0.05) is 12.1 Å². The van der Waals surface area contributed by atoms with E-state index in [9.17, 15) is 4.39 Å². The molecule has 2 N–H and O–H groups in total. The maximum absolute atomic E-state index is 13.6. The number of hydrogen-bond donors (Lipinski definition) is 1. The van der Waals surface area contributed by atoms with Crippen molar-refractivity contribution in [1.82, 2.24) is 39.4 Å². The third-order valence-corrected chi connectivity index (χ3v) is 9.25. The smallest absolute Gasteiger partial charge is 0.234 e. The molecule has 0 aliphatic carbocycles. The summed E-state index contributed by atoms with van der Waals surface area (Å²) in [6.45, 7) is 4.87. The van der Waals surface area contributed by atoms with Gasteiger partial charge in [0.15, 0.2) is 11.5 Å². The first-order valence-electron chi connectivity index (χ1n) is 15.5. The molecule has 0 radical (unpaired) electrons. The van der Waals surface area contributed by atoms with Gasteiger partial charge >= 0.3 is 0 Å². The monoisotopic (exact) mass is 623 g/mol. The number of rotatable bonds is 6. The molecule has 1 spiro atoms. The van der Waals surface area contributed by atoms with Gasteiger partial charge in [0.05, 0.1) is 23.0 Å². The highest BCUT2D eigenvalue weighted by atomic mass is 19.1. The van der Waals surface area contributed by atoms with Crippen LogP contribution in [0.3, 0.4) is 0 Å². The molecule has 47 heavy (non-hydrogen) atoms. The summed E-state index contributed by atoms with van der Waals surface area (Å²) in [7, 11) is 0. The predicted molar refractivity (Wildman–Crippen MR) is 176 cm³/mol. The van der Waals surface area contributed by atoms with Gasteiger partial charge in [-0.2, -0.15) is 5.26 Å². The van der Waals surface area contributed by atoms with Gasteiger partial charge in [-0.25, -0.2) is 29.3 Å². The van der Waals surface area contributed by atoms with Gasteiger partial charge < -0.3 is 10.6 Å². The Morgan fingerprint density at radius 3 is 2.47 bits per heavy atom. The molecule has 2 fully saturated rings.